The first-order valence-corrected chi connectivity index (χ1v) is 11.0. The second-order valence-corrected chi connectivity index (χ2v) is 8.98. The Kier molecular flexibility index (Phi) is 6.13. The fourth-order valence-corrected chi connectivity index (χ4v) is 5.06. The number of nitrogens with two attached hydrogens (primary N) is 1. The van der Waals surface area contributed by atoms with Crippen molar-refractivity contribution < 1.29 is 9.53 Å². The number of hydrogen-bond donors (Lipinski definition) is 1. The Hall–Kier alpha value is -1.63. The van der Waals surface area contributed by atoms with Gasteiger partial charge in [0.25, 0.3) is 5.91 Å². The van der Waals surface area contributed by atoms with E-state index in [0.717, 1.165) is 51.3 Å². The summed E-state index contributed by atoms with van der Waals surface area (Å²) in [4.78, 5) is 18.5. The van der Waals surface area contributed by atoms with E-state index in [9.17, 15) is 4.79 Å². The Labute approximate surface area is 182 Å². The first-order chi connectivity index (χ1) is 13.9. The maximum atomic E-state index is 11.6. The summed E-state index contributed by atoms with van der Waals surface area (Å²) in [5, 5.41) is 1.26. The summed E-state index contributed by atoms with van der Waals surface area (Å²) < 4.78 is 5.48. The lowest BCUT2D eigenvalue weighted by molar-refractivity contribution is -0.117. The molecule has 2 N–H and O–H groups in total. The molecule has 0 aromatic heterocycles. The molecule has 29 heavy (non-hydrogen) atoms. The van der Waals surface area contributed by atoms with E-state index < -0.39 is 5.91 Å². The summed E-state index contributed by atoms with van der Waals surface area (Å²) in [6.07, 6.45) is 4.78. The zero-order valence-electron chi connectivity index (χ0n) is 16.7. The van der Waals surface area contributed by atoms with Crippen LogP contribution in [0.15, 0.2) is 30.2 Å². The van der Waals surface area contributed by atoms with Gasteiger partial charge < -0.3 is 20.3 Å². The highest BCUT2D eigenvalue weighted by Gasteiger charge is 2.40. The lowest BCUT2D eigenvalue weighted by Crippen LogP contribution is -2.50. The number of hydrogen-bond acceptors (Lipinski definition) is 5. The number of piperazine rings is 1. The van der Waals surface area contributed by atoms with Gasteiger partial charge in [-0.1, -0.05) is 29.3 Å². The topological polar surface area (TPSA) is 62.0 Å². The van der Waals surface area contributed by atoms with Crippen LogP contribution in [0.25, 0.3) is 0 Å². The van der Waals surface area contributed by atoms with E-state index in [2.05, 4.69) is 9.80 Å². The number of amides is 1. The van der Waals surface area contributed by atoms with Crippen molar-refractivity contribution in [1.29, 1.82) is 0 Å². The third-order valence-electron chi connectivity index (χ3n) is 6.40. The molecule has 158 valence electrons. The van der Waals surface area contributed by atoms with E-state index >= 15 is 0 Å². The van der Waals surface area contributed by atoms with Crippen LogP contribution < -0.4 is 10.6 Å². The van der Waals surface area contributed by atoms with Gasteiger partial charge in [0.15, 0.2) is 6.23 Å². The average Bonchev–Trinajstić information content (AvgIpc) is 3.05. The molecule has 1 amide bonds. The van der Waals surface area contributed by atoms with Gasteiger partial charge in [-0.2, -0.15) is 0 Å². The van der Waals surface area contributed by atoms with Crippen LogP contribution in [0.3, 0.4) is 0 Å². The summed E-state index contributed by atoms with van der Waals surface area (Å²) in [6, 6.07) is 6.18. The second-order valence-electron chi connectivity index (χ2n) is 8.19. The van der Waals surface area contributed by atoms with Gasteiger partial charge in [0.2, 0.25) is 0 Å². The maximum absolute atomic E-state index is 11.6. The fraction of sp³-hybridized carbons (Fsp3) is 0.571. The zero-order valence-corrected chi connectivity index (χ0v) is 18.2. The van der Waals surface area contributed by atoms with Gasteiger partial charge in [0, 0.05) is 32.2 Å². The largest absolute Gasteiger partial charge is 0.476 e. The quantitative estimate of drug-likeness (QED) is 0.737. The molecule has 1 saturated carbocycles. The number of halogens is 2. The summed E-state index contributed by atoms with van der Waals surface area (Å²) in [7, 11) is 0. The summed E-state index contributed by atoms with van der Waals surface area (Å²) in [5.74, 6) is 0.290. The zero-order chi connectivity index (χ0) is 20.5. The SMILES string of the molecule is CC1OC=C(C(N)=O)N1C1CC(CCN2CCN(c3cccc(Cl)c3Cl)CC2)C1. The monoisotopic (exact) mass is 438 g/mol. The van der Waals surface area contributed by atoms with Crippen molar-refractivity contribution in [1.82, 2.24) is 9.80 Å². The van der Waals surface area contributed by atoms with Crippen molar-refractivity contribution in [3.05, 3.63) is 40.2 Å². The minimum atomic E-state index is -0.407. The number of carbonyl (C=O) groups excluding carboxylic acids is 1. The first kappa shape index (κ1) is 20.6. The maximum Gasteiger partial charge on any atom is 0.268 e. The third kappa shape index (κ3) is 4.30. The number of primary amides is 1. The van der Waals surface area contributed by atoms with Crippen LogP contribution in [-0.2, 0) is 9.53 Å². The standard InChI is InChI=1S/C21H28Cl2N4O2/c1-14-27(19(13-29-14)21(24)28)16-11-15(12-16)5-6-25-7-9-26(10-8-25)18-4-2-3-17(22)20(18)23/h2-4,13-16H,5-12H2,1H3,(H2,24,28). The Morgan fingerprint density at radius 3 is 2.62 bits per heavy atom. The Bertz CT molecular complexity index is 789. The summed E-state index contributed by atoms with van der Waals surface area (Å²) in [5.41, 5.74) is 7.01. The van der Waals surface area contributed by atoms with Gasteiger partial charge >= 0.3 is 0 Å². The summed E-state index contributed by atoms with van der Waals surface area (Å²) in [6.45, 7) is 7.06. The molecular weight excluding hydrogens is 411 g/mol. The van der Waals surface area contributed by atoms with Crippen molar-refractivity contribution in [2.45, 2.75) is 38.5 Å². The van der Waals surface area contributed by atoms with E-state index in [4.69, 9.17) is 33.7 Å². The normalized spacial score (nSPS) is 27.4. The predicted molar refractivity (Wildman–Crippen MR) is 116 cm³/mol. The number of nitrogens with zero attached hydrogens (tertiary/aromatic N) is 3. The molecule has 2 aliphatic heterocycles. The van der Waals surface area contributed by atoms with Crippen LogP contribution in [0.2, 0.25) is 10.0 Å². The molecule has 1 unspecified atom stereocenters. The van der Waals surface area contributed by atoms with Gasteiger partial charge in [-0.15, -0.1) is 0 Å². The van der Waals surface area contributed by atoms with Gasteiger partial charge in [-0.3, -0.25) is 9.69 Å². The van der Waals surface area contributed by atoms with E-state index in [0.29, 0.717) is 27.7 Å². The number of carbonyl (C=O) groups is 1. The fourth-order valence-electron chi connectivity index (χ4n) is 4.64. The average molecular weight is 439 g/mol. The molecule has 3 aliphatic rings. The highest BCUT2D eigenvalue weighted by molar-refractivity contribution is 6.43. The Balaban J connectivity index is 1.20. The van der Waals surface area contributed by atoms with Gasteiger partial charge in [0.1, 0.15) is 12.0 Å². The third-order valence-corrected chi connectivity index (χ3v) is 7.21. The molecule has 6 nitrogen and oxygen atoms in total. The number of rotatable bonds is 6. The van der Waals surface area contributed by atoms with Crippen LogP contribution in [-0.4, -0.2) is 60.7 Å². The molecular formula is C21H28Cl2N4O2. The molecule has 4 rings (SSSR count). The lowest BCUT2D eigenvalue weighted by Gasteiger charge is -2.44. The molecule has 1 aliphatic carbocycles. The molecule has 1 saturated heterocycles. The van der Waals surface area contributed by atoms with Crippen molar-refractivity contribution in [3.63, 3.8) is 0 Å². The molecule has 1 atom stereocenters. The molecule has 0 spiro atoms. The van der Waals surface area contributed by atoms with Crippen LogP contribution >= 0.6 is 23.2 Å². The minimum Gasteiger partial charge on any atom is -0.476 e. The van der Waals surface area contributed by atoms with Crippen molar-refractivity contribution in [3.8, 4) is 0 Å². The predicted octanol–water partition coefficient (Wildman–Crippen LogP) is 3.29. The van der Waals surface area contributed by atoms with Crippen LogP contribution in [0.1, 0.15) is 26.2 Å². The van der Waals surface area contributed by atoms with E-state index in [1.165, 1.54) is 12.7 Å². The molecule has 2 fully saturated rings. The number of ether oxygens (including phenoxy) is 1. The van der Waals surface area contributed by atoms with Crippen molar-refractivity contribution >= 4 is 34.8 Å². The van der Waals surface area contributed by atoms with E-state index in [1.54, 1.807) is 0 Å². The smallest absolute Gasteiger partial charge is 0.268 e. The van der Waals surface area contributed by atoms with Crippen LogP contribution in [0, 0.1) is 5.92 Å². The lowest BCUT2D eigenvalue weighted by atomic mass is 9.77. The molecule has 1 aromatic rings. The molecule has 2 heterocycles. The molecule has 1 aromatic carbocycles. The highest BCUT2D eigenvalue weighted by atomic mass is 35.5. The van der Waals surface area contributed by atoms with Crippen molar-refractivity contribution in [2.24, 2.45) is 11.7 Å². The Morgan fingerprint density at radius 1 is 1.21 bits per heavy atom. The van der Waals surface area contributed by atoms with Crippen LogP contribution in [0.5, 0.6) is 0 Å². The van der Waals surface area contributed by atoms with Gasteiger partial charge in [-0.05, 0) is 50.8 Å². The Morgan fingerprint density at radius 2 is 1.93 bits per heavy atom. The van der Waals surface area contributed by atoms with Crippen LogP contribution in [0.4, 0.5) is 5.69 Å². The molecule has 0 bridgehead atoms. The highest BCUT2D eigenvalue weighted by Crippen LogP contribution is 2.39. The van der Waals surface area contributed by atoms with E-state index in [-0.39, 0.29) is 6.23 Å². The number of anilines is 1. The second kappa shape index (κ2) is 8.62. The van der Waals surface area contributed by atoms with Gasteiger partial charge in [-0.25, -0.2) is 0 Å². The van der Waals surface area contributed by atoms with E-state index in [1.807, 2.05) is 30.0 Å². The first-order valence-electron chi connectivity index (χ1n) is 10.3. The molecule has 0 radical (unpaired) electrons. The molecule has 8 heteroatoms. The van der Waals surface area contributed by atoms with Gasteiger partial charge in [0.05, 0.1) is 15.7 Å². The summed E-state index contributed by atoms with van der Waals surface area (Å²) >= 11 is 12.5. The number of benzene rings is 1. The minimum absolute atomic E-state index is 0.102. The van der Waals surface area contributed by atoms with Crippen molar-refractivity contribution in [2.75, 3.05) is 37.6 Å².